The Morgan fingerprint density at radius 3 is 2.41 bits per heavy atom. The zero-order valence-electron chi connectivity index (χ0n) is 20.9. The van der Waals surface area contributed by atoms with Crippen LogP contribution >= 0.6 is 0 Å². The molecule has 1 aliphatic carbocycles. The van der Waals surface area contributed by atoms with Crippen LogP contribution in [0.2, 0.25) is 0 Å². The summed E-state index contributed by atoms with van der Waals surface area (Å²) in [5.41, 5.74) is 3.74. The van der Waals surface area contributed by atoms with Crippen LogP contribution in [0.15, 0.2) is 28.9 Å². The number of fused-ring (bicyclic) bond motifs is 3. The van der Waals surface area contributed by atoms with Crippen molar-refractivity contribution in [1.82, 2.24) is 14.6 Å². The molecular weight excluding hydrogens is 394 g/mol. The standard InChI is InChI=1S/C28H41N3O/c1-27(2,3)20-11-14-30(15-12-20)18-19-7-8-21(17-19)31-16-13-22-23(31)9-10-24-25(22)26(29-32-24)28(4,5)6/h9-10,13,16,19-21H,7-8,11-12,14-15,17-18H2,1-6H3/t19-,21?/m1/s1. The summed E-state index contributed by atoms with van der Waals surface area (Å²) in [5.74, 6) is 1.71. The summed E-state index contributed by atoms with van der Waals surface area (Å²) in [6.45, 7) is 17.7. The van der Waals surface area contributed by atoms with Crippen LogP contribution in [0.4, 0.5) is 0 Å². The molecule has 0 bridgehead atoms. The van der Waals surface area contributed by atoms with Gasteiger partial charge in [0.05, 0.1) is 11.1 Å². The average Bonchev–Trinajstić information content (AvgIpc) is 3.44. The van der Waals surface area contributed by atoms with Gasteiger partial charge in [-0.1, -0.05) is 46.7 Å². The van der Waals surface area contributed by atoms with E-state index in [1.807, 2.05) is 0 Å². The Morgan fingerprint density at radius 2 is 1.72 bits per heavy atom. The number of aromatic nitrogens is 2. The second-order valence-electron chi connectivity index (χ2n) is 12.6. The quantitative estimate of drug-likeness (QED) is 0.437. The van der Waals surface area contributed by atoms with Crippen LogP contribution in [0, 0.1) is 17.3 Å². The molecule has 4 nitrogen and oxygen atoms in total. The summed E-state index contributed by atoms with van der Waals surface area (Å²) >= 11 is 0. The lowest BCUT2D eigenvalue weighted by Crippen LogP contribution is -2.40. The Balaban J connectivity index is 1.30. The molecule has 1 saturated carbocycles. The number of hydrogen-bond acceptors (Lipinski definition) is 3. The van der Waals surface area contributed by atoms with Crippen molar-refractivity contribution in [3.8, 4) is 0 Å². The Hall–Kier alpha value is -1.81. The molecule has 0 N–H and O–H groups in total. The van der Waals surface area contributed by atoms with E-state index in [1.165, 1.54) is 68.0 Å². The predicted molar refractivity (Wildman–Crippen MR) is 133 cm³/mol. The lowest BCUT2D eigenvalue weighted by atomic mass is 9.75. The first-order chi connectivity index (χ1) is 15.1. The van der Waals surface area contributed by atoms with E-state index < -0.39 is 0 Å². The van der Waals surface area contributed by atoms with Gasteiger partial charge in [-0.05, 0) is 80.6 Å². The van der Waals surface area contributed by atoms with Gasteiger partial charge in [0.1, 0.15) is 0 Å². The van der Waals surface area contributed by atoms with Gasteiger partial charge in [-0.3, -0.25) is 0 Å². The number of rotatable bonds is 3. The van der Waals surface area contributed by atoms with Crippen molar-refractivity contribution < 1.29 is 4.52 Å². The largest absolute Gasteiger partial charge is 0.356 e. The fraction of sp³-hybridized carbons (Fsp3) is 0.679. The maximum absolute atomic E-state index is 5.68. The molecule has 2 aliphatic rings. The fourth-order valence-corrected chi connectivity index (χ4v) is 6.32. The number of benzene rings is 1. The van der Waals surface area contributed by atoms with E-state index in [1.54, 1.807) is 0 Å². The second-order valence-corrected chi connectivity index (χ2v) is 12.6. The zero-order chi connectivity index (χ0) is 22.7. The molecule has 5 rings (SSSR count). The van der Waals surface area contributed by atoms with E-state index >= 15 is 0 Å². The lowest BCUT2D eigenvalue weighted by Gasteiger charge is -2.39. The van der Waals surface area contributed by atoms with Gasteiger partial charge in [0.15, 0.2) is 5.58 Å². The van der Waals surface area contributed by atoms with E-state index in [2.05, 4.69) is 80.6 Å². The van der Waals surface area contributed by atoms with Gasteiger partial charge >= 0.3 is 0 Å². The van der Waals surface area contributed by atoms with Gasteiger partial charge in [-0.2, -0.15) is 0 Å². The number of hydrogen-bond donors (Lipinski definition) is 0. The van der Waals surface area contributed by atoms with E-state index in [9.17, 15) is 0 Å². The first-order valence-electron chi connectivity index (χ1n) is 12.7. The Morgan fingerprint density at radius 1 is 0.969 bits per heavy atom. The minimum Gasteiger partial charge on any atom is -0.356 e. The number of nitrogens with zero attached hydrogens (tertiary/aromatic N) is 3. The molecular formula is C28H41N3O. The maximum atomic E-state index is 5.68. The third-order valence-corrected chi connectivity index (χ3v) is 8.28. The molecule has 174 valence electrons. The third-order valence-electron chi connectivity index (χ3n) is 8.28. The van der Waals surface area contributed by atoms with Crippen molar-refractivity contribution in [3.05, 3.63) is 30.1 Å². The Labute approximate surface area is 193 Å². The highest BCUT2D eigenvalue weighted by molar-refractivity contribution is 6.06. The monoisotopic (exact) mass is 435 g/mol. The van der Waals surface area contributed by atoms with Crippen LogP contribution in [-0.4, -0.2) is 34.3 Å². The van der Waals surface area contributed by atoms with Crippen molar-refractivity contribution in [2.24, 2.45) is 17.3 Å². The van der Waals surface area contributed by atoms with Crippen molar-refractivity contribution in [3.63, 3.8) is 0 Å². The van der Waals surface area contributed by atoms with Crippen LogP contribution in [0.25, 0.3) is 21.9 Å². The van der Waals surface area contributed by atoms with Crippen LogP contribution in [-0.2, 0) is 5.41 Å². The van der Waals surface area contributed by atoms with Crippen molar-refractivity contribution in [1.29, 1.82) is 0 Å². The van der Waals surface area contributed by atoms with Crippen molar-refractivity contribution in [2.45, 2.75) is 85.1 Å². The van der Waals surface area contributed by atoms with Crippen LogP contribution in [0.5, 0.6) is 0 Å². The molecule has 1 unspecified atom stereocenters. The van der Waals surface area contributed by atoms with Gasteiger partial charge in [-0.15, -0.1) is 0 Å². The van der Waals surface area contributed by atoms with E-state index in [4.69, 9.17) is 4.52 Å². The second kappa shape index (κ2) is 7.90. The summed E-state index contributed by atoms with van der Waals surface area (Å²) in [5, 5.41) is 6.92. The fourth-order valence-electron chi connectivity index (χ4n) is 6.32. The van der Waals surface area contributed by atoms with Crippen molar-refractivity contribution in [2.75, 3.05) is 19.6 Å². The SMILES string of the molecule is CC(C)(C)c1noc2ccc3c(ccn3C3CC[C@@H](CN4CCC(C(C)(C)C)CC4)C3)c12. The Kier molecular flexibility index (Phi) is 5.43. The van der Waals surface area contributed by atoms with Gasteiger partial charge in [0, 0.05) is 35.1 Å². The van der Waals surface area contributed by atoms with E-state index in [-0.39, 0.29) is 5.41 Å². The molecule has 0 spiro atoms. The average molecular weight is 436 g/mol. The minimum atomic E-state index is -0.0273. The van der Waals surface area contributed by atoms with E-state index in [0.717, 1.165) is 23.1 Å². The molecule has 3 aromatic rings. The molecule has 1 aliphatic heterocycles. The summed E-state index contributed by atoms with van der Waals surface area (Å²) < 4.78 is 8.23. The summed E-state index contributed by atoms with van der Waals surface area (Å²) in [6, 6.07) is 7.25. The van der Waals surface area contributed by atoms with Crippen LogP contribution < -0.4 is 0 Å². The number of likely N-dealkylation sites (tertiary alicyclic amines) is 1. The van der Waals surface area contributed by atoms with E-state index in [0.29, 0.717) is 11.5 Å². The lowest BCUT2D eigenvalue weighted by molar-refractivity contribution is 0.101. The minimum absolute atomic E-state index is 0.0273. The van der Waals surface area contributed by atoms with Crippen LogP contribution in [0.3, 0.4) is 0 Å². The number of piperidine rings is 1. The highest BCUT2D eigenvalue weighted by Gasteiger charge is 2.32. The first-order valence-corrected chi connectivity index (χ1v) is 12.7. The molecule has 0 amide bonds. The molecule has 1 aromatic carbocycles. The maximum Gasteiger partial charge on any atom is 0.167 e. The zero-order valence-corrected chi connectivity index (χ0v) is 20.9. The smallest absolute Gasteiger partial charge is 0.167 e. The van der Waals surface area contributed by atoms with Gasteiger partial charge < -0.3 is 14.0 Å². The topological polar surface area (TPSA) is 34.2 Å². The Bertz CT molecular complexity index is 1090. The van der Waals surface area contributed by atoms with Gasteiger partial charge in [-0.25, -0.2) is 0 Å². The molecule has 2 aromatic heterocycles. The normalized spacial score (nSPS) is 24.2. The van der Waals surface area contributed by atoms with Crippen LogP contribution in [0.1, 0.15) is 85.4 Å². The molecule has 4 heteroatoms. The van der Waals surface area contributed by atoms with Crippen molar-refractivity contribution >= 4 is 21.9 Å². The summed E-state index contributed by atoms with van der Waals surface area (Å²) in [4.78, 5) is 2.75. The third kappa shape index (κ3) is 4.00. The van der Waals surface area contributed by atoms with Gasteiger partial charge in [0.25, 0.3) is 0 Å². The highest BCUT2D eigenvalue weighted by Crippen LogP contribution is 2.41. The molecule has 32 heavy (non-hydrogen) atoms. The summed E-state index contributed by atoms with van der Waals surface area (Å²) in [7, 11) is 0. The van der Waals surface area contributed by atoms with Gasteiger partial charge in [0.2, 0.25) is 0 Å². The molecule has 3 heterocycles. The molecule has 2 atom stereocenters. The molecule has 2 fully saturated rings. The first kappa shape index (κ1) is 22.0. The highest BCUT2D eigenvalue weighted by atomic mass is 16.5. The predicted octanol–water partition coefficient (Wildman–Crippen LogP) is 7.18. The summed E-state index contributed by atoms with van der Waals surface area (Å²) in [6.07, 6.45) is 8.99. The molecule has 1 saturated heterocycles. The molecule has 0 radical (unpaired) electrons.